The number of carbonyl (C=O) groups excluding carboxylic acids is 1. The second kappa shape index (κ2) is 7.54. The molecule has 0 aromatic rings. The molecule has 0 amide bonds. The normalized spacial score (nSPS) is 13.6. The predicted octanol–water partition coefficient (Wildman–Crippen LogP) is 3.90. The van der Waals surface area contributed by atoms with Crippen molar-refractivity contribution < 1.29 is 4.79 Å². The van der Waals surface area contributed by atoms with E-state index in [0.717, 1.165) is 24.7 Å². The second-order valence-corrected chi connectivity index (χ2v) is 4.27. The lowest BCUT2D eigenvalue weighted by Gasteiger charge is -2.06. The van der Waals surface area contributed by atoms with Gasteiger partial charge in [-0.15, -0.1) is 0 Å². The lowest BCUT2D eigenvalue weighted by molar-refractivity contribution is -0.104. The zero-order chi connectivity index (χ0) is 11.0. The van der Waals surface area contributed by atoms with Crippen molar-refractivity contribution in [2.75, 3.05) is 0 Å². The van der Waals surface area contributed by atoms with Gasteiger partial charge < -0.3 is 0 Å². The Morgan fingerprint density at radius 3 is 2.36 bits per heavy atom. The maximum atomic E-state index is 10.3. The number of carbonyl (C=O) groups is 1. The van der Waals surface area contributed by atoms with Gasteiger partial charge in [0.2, 0.25) is 0 Å². The van der Waals surface area contributed by atoms with Gasteiger partial charge in [0.1, 0.15) is 6.29 Å². The smallest absolute Gasteiger partial charge is 0.145 e. The Labute approximate surface area is 87.9 Å². The number of allylic oxidation sites excluding steroid dienone is 4. The average Bonchev–Trinajstić information content (AvgIpc) is 2.13. The summed E-state index contributed by atoms with van der Waals surface area (Å²) in [4.78, 5) is 10.3. The Morgan fingerprint density at radius 2 is 1.86 bits per heavy atom. The van der Waals surface area contributed by atoms with Crippen LogP contribution in [0, 0.1) is 5.92 Å². The molecule has 1 heteroatoms. The van der Waals surface area contributed by atoms with E-state index >= 15 is 0 Å². The minimum absolute atomic E-state index is 0.667. The zero-order valence-electron chi connectivity index (χ0n) is 9.84. The molecule has 0 aliphatic heterocycles. The third kappa shape index (κ3) is 7.78. The van der Waals surface area contributed by atoms with E-state index in [1.54, 1.807) is 0 Å². The highest BCUT2D eigenvalue weighted by Gasteiger charge is 1.98. The molecule has 14 heavy (non-hydrogen) atoms. The van der Waals surface area contributed by atoms with Gasteiger partial charge in [-0.2, -0.15) is 0 Å². The van der Waals surface area contributed by atoms with Crippen LogP contribution in [0.4, 0.5) is 0 Å². The molecular formula is C13H22O. The van der Waals surface area contributed by atoms with Gasteiger partial charge in [0, 0.05) is 0 Å². The fourth-order valence-corrected chi connectivity index (χ4v) is 1.21. The number of hydrogen-bond acceptors (Lipinski definition) is 1. The van der Waals surface area contributed by atoms with Gasteiger partial charge in [-0.25, -0.2) is 0 Å². The van der Waals surface area contributed by atoms with Crippen molar-refractivity contribution in [1.29, 1.82) is 0 Å². The fraction of sp³-hybridized carbons (Fsp3) is 0.615. The van der Waals surface area contributed by atoms with Gasteiger partial charge in [0.05, 0.1) is 0 Å². The van der Waals surface area contributed by atoms with Gasteiger partial charge >= 0.3 is 0 Å². The molecule has 0 radical (unpaired) electrons. The molecule has 1 unspecified atom stereocenters. The molecule has 80 valence electrons. The summed E-state index contributed by atoms with van der Waals surface area (Å²) in [5, 5.41) is 0. The summed E-state index contributed by atoms with van der Waals surface area (Å²) in [5.74, 6) is 0.667. The van der Waals surface area contributed by atoms with Crippen LogP contribution in [0.1, 0.15) is 47.0 Å². The first kappa shape index (κ1) is 13.2. The van der Waals surface area contributed by atoms with Crippen molar-refractivity contribution in [2.24, 2.45) is 5.92 Å². The Kier molecular flexibility index (Phi) is 7.09. The first-order valence-corrected chi connectivity index (χ1v) is 5.31. The van der Waals surface area contributed by atoms with E-state index in [1.807, 2.05) is 13.0 Å². The Balaban J connectivity index is 3.71. The van der Waals surface area contributed by atoms with Crippen LogP contribution < -0.4 is 0 Å². The molecule has 1 atom stereocenters. The molecule has 0 spiro atoms. The Morgan fingerprint density at radius 1 is 1.21 bits per heavy atom. The third-order valence-electron chi connectivity index (χ3n) is 2.24. The predicted molar refractivity (Wildman–Crippen MR) is 62.3 cm³/mol. The van der Waals surface area contributed by atoms with Crippen molar-refractivity contribution in [3.05, 3.63) is 23.3 Å². The maximum absolute atomic E-state index is 10.3. The van der Waals surface area contributed by atoms with Gasteiger partial charge in [-0.1, -0.05) is 24.6 Å². The molecule has 0 saturated carbocycles. The minimum atomic E-state index is 0.667. The van der Waals surface area contributed by atoms with E-state index in [1.165, 1.54) is 12.0 Å². The molecule has 0 aliphatic carbocycles. The second-order valence-electron chi connectivity index (χ2n) is 4.27. The number of aldehydes is 1. The molecule has 0 heterocycles. The van der Waals surface area contributed by atoms with Gasteiger partial charge in [0.25, 0.3) is 0 Å². The van der Waals surface area contributed by atoms with Gasteiger partial charge in [-0.3, -0.25) is 4.79 Å². The molecule has 0 aromatic heterocycles. The first-order chi connectivity index (χ1) is 6.56. The number of rotatable bonds is 6. The van der Waals surface area contributed by atoms with E-state index in [-0.39, 0.29) is 0 Å². The Hall–Kier alpha value is -0.850. The molecule has 0 saturated heterocycles. The van der Waals surface area contributed by atoms with Crippen molar-refractivity contribution in [1.82, 2.24) is 0 Å². The van der Waals surface area contributed by atoms with Crippen LogP contribution in [0.15, 0.2) is 23.3 Å². The summed E-state index contributed by atoms with van der Waals surface area (Å²) in [7, 11) is 0. The summed E-state index contributed by atoms with van der Waals surface area (Å²) in [6.45, 7) is 8.34. The molecule has 0 N–H and O–H groups in total. The lowest BCUT2D eigenvalue weighted by atomic mass is 10.00. The van der Waals surface area contributed by atoms with Gasteiger partial charge in [-0.05, 0) is 51.5 Å². The SMILES string of the molecule is CC(C)=CCCC(C)C/C=C(\C)C=O. The fourth-order valence-electron chi connectivity index (χ4n) is 1.21. The average molecular weight is 194 g/mol. The van der Waals surface area contributed by atoms with Crippen LogP contribution in [-0.4, -0.2) is 6.29 Å². The van der Waals surface area contributed by atoms with Crippen LogP contribution in [0.25, 0.3) is 0 Å². The first-order valence-electron chi connectivity index (χ1n) is 5.31. The summed E-state index contributed by atoms with van der Waals surface area (Å²) < 4.78 is 0. The van der Waals surface area contributed by atoms with Crippen LogP contribution in [0.5, 0.6) is 0 Å². The van der Waals surface area contributed by atoms with E-state index in [2.05, 4.69) is 26.8 Å². The Bertz CT molecular complexity index is 219. The molecule has 0 aliphatic rings. The summed E-state index contributed by atoms with van der Waals surface area (Å²) in [6.07, 6.45) is 8.59. The molecule has 0 rings (SSSR count). The highest BCUT2D eigenvalue weighted by Crippen LogP contribution is 2.13. The molecule has 0 bridgehead atoms. The molecular weight excluding hydrogens is 172 g/mol. The van der Waals surface area contributed by atoms with E-state index < -0.39 is 0 Å². The molecule has 1 nitrogen and oxygen atoms in total. The summed E-state index contributed by atoms with van der Waals surface area (Å²) >= 11 is 0. The van der Waals surface area contributed by atoms with Crippen molar-refractivity contribution in [3.63, 3.8) is 0 Å². The van der Waals surface area contributed by atoms with Crippen LogP contribution >= 0.6 is 0 Å². The topological polar surface area (TPSA) is 17.1 Å². The van der Waals surface area contributed by atoms with E-state index in [4.69, 9.17) is 0 Å². The summed E-state index contributed by atoms with van der Waals surface area (Å²) in [6, 6.07) is 0. The quantitative estimate of drug-likeness (QED) is 0.356. The van der Waals surface area contributed by atoms with Crippen LogP contribution in [-0.2, 0) is 4.79 Å². The lowest BCUT2D eigenvalue weighted by Crippen LogP contribution is -1.92. The van der Waals surface area contributed by atoms with E-state index in [9.17, 15) is 4.79 Å². The van der Waals surface area contributed by atoms with E-state index in [0.29, 0.717) is 5.92 Å². The van der Waals surface area contributed by atoms with Crippen LogP contribution in [0.3, 0.4) is 0 Å². The minimum Gasteiger partial charge on any atom is -0.298 e. The molecule has 0 fully saturated rings. The van der Waals surface area contributed by atoms with Crippen molar-refractivity contribution >= 4 is 6.29 Å². The van der Waals surface area contributed by atoms with Gasteiger partial charge in [0.15, 0.2) is 0 Å². The zero-order valence-corrected chi connectivity index (χ0v) is 9.84. The van der Waals surface area contributed by atoms with Crippen LogP contribution in [0.2, 0.25) is 0 Å². The monoisotopic (exact) mass is 194 g/mol. The highest BCUT2D eigenvalue weighted by atomic mass is 16.1. The highest BCUT2D eigenvalue weighted by molar-refractivity contribution is 5.71. The number of hydrogen-bond donors (Lipinski definition) is 0. The largest absolute Gasteiger partial charge is 0.298 e. The standard InChI is InChI=1S/C13H22O/c1-11(2)6-5-7-12(3)8-9-13(4)10-14/h6,9-10,12H,5,7-8H2,1-4H3/b13-9+. The molecule has 0 aromatic carbocycles. The van der Waals surface area contributed by atoms with Crippen molar-refractivity contribution in [2.45, 2.75) is 47.0 Å². The van der Waals surface area contributed by atoms with Crippen molar-refractivity contribution in [3.8, 4) is 0 Å². The maximum Gasteiger partial charge on any atom is 0.145 e. The third-order valence-corrected chi connectivity index (χ3v) is 2.24. The summed E-state index contributed by atoms with van der Waals surface area (Å²) in [5.41, 5.74) is 2.23.